The van der Waals surface area contributed by atoms with Crippen LogP contribution >= 0.6 is 0 Å². The Labute approximate surface area is 126 Å². The van der Waals surface area contributed by atoms with E-state index in [0.717, 1.165) is 28.0 Å². The predicted octanol–water partition coefficient (Wildman–Crippen LogP) is 3.80. The molecule has 0 radical (unpaired) electrons. The van der Waals surface area contributed by atoms with Gasteiger partial charge < -0.3 is 10.1 Å². The summed E-state index contributed by atoms with van der Waals surface area (Å²) in [5.41, 5.74) is 3.75. The zero-order valence-electron chi connectivity index (χ0n) is 12.9. The third kappa shape index (κ3) is 3.43. The van der Waals surface area contributed by atoms with E-state index in [1.54, 1.807) is 7.11 Å². The summed E-state index contributed by atoms with van der Waals surface area (Å²) in [6.45, 7) is 5.89. The molecule has 2 rings (SSSR count). The fraction of sp³-hybridized carbons (Fsp3) is 0.278. The number of amides is 1. The van der Waals surface area contributed by atoms with Crippen LogP contribution in [0.3, 0.4) is 0 Å². The molecule has 0 aliphatic rings. The number of ether oxygens (including phenoxy) is 1. The second-order valence-electron chi connectivity index (χ2n) is 5.26. The van der Waals surface area contributed by atoms with Crippen LogP contribution in [-0.4, -0.2) is 13.0 Å². The van der Waals surface area contributed by atoms with Gasteiger partial charge in [0.2, 0.25) is 0 Å². The van der Waals surface area contributed by atoms with Gasteiger partial charge in [-0.15, -0.1) is 0 Å². The highest BCUT2D eigenvalue weighted by molar-refractivity contribution is 5.96. The van der Waals surface area contributed by atoms with Crippen LogP contribution in [0.15, 0.2) is 42.5 Å². The van der Waals surface area contributed by atoms with Crippen molar-refractivity contribution in [2.45, 2.75) is 26.8 Å². The summed E-state index contributed by atoms with van der Waals surface area (Å²) in [5, 5.41) is 3.04. The molecule has 0 spiro atoms. The first-order valence-electron chi connectivity index (χ1n) is 7.04. The fourth-order valence-corrected chi connectivity index (χ4v) is 2.36. The van der Waals surface area contributed by atoms with Crippen LogP contribution in [0.4, 0.5) is 0 Å². The topological polar surface area (TPSA) is 38.3 Å². The normalized spacial score (nSPS) is 11.8. The molecule has 2 aromatic rings. The Morgan fingerprint density at radius 2 is 1.86 bits per heavy atom. The Bertz CT molecular complexity index is 649. The minimum Gasteiger partial charge on any atom is -0.496 e. The summed E-state index contributed by atoms with van der Waals surface area (Å²) >= 11 is 0. The molecule has 3 heteroatoms. The van der Waals surface area contributed by atoms with E-state index in [1.165, 1.54) is 0 Å². The maximum Gasteiger partial charge on any atom is 0.252 e. The third-order valence-electron chi connectivity index (χ3n) is 3.59. The molecule has 0 fully saturated rings. The molecular weight excluding hydrogens is 262 g/mol. The number of nitrogens with one attached hydrogen (secondary N) is 1. The Morgan fingerprint density at radius 1 is 1.14 bits per heavy atom. The lowest BCUT2D eigenvalue weighted by Gasteiger charge is -2.18. The smallest absolute Gasteiger partial charge is 0.252 e. The molecule has 0 saturated carbocycles. The van der Waals surface area contributed by atoms with Crippen molar-refractivity contribution >= 4 is 5.91 Å². The Hall–Kier alpha value is -2.29. The van der Waals surface area contributed by atoms with Crippen LogP contribution in [0.1, 0.15) is 40.0 Å². The molecule has 0 aliphatic heterocycles. The number of hydrogen-bond acceptors (Lipinski definition) is 2. The average Bonchev–Trinajstić information content (AvgIpc) is 2.49. The highest BCUT2D eigenvalue weighted by Gasteiger charge is 2.16. The van der Waals surface area contributed by atoms with E-state index in [9.17, 15) is 4.79 Å². The van der Waals surface area contributed by atoms with Crippen LogP contribution in [-0.2, 0) is 0 Å². The largest absolute Gasteiger partial charge is 0.496 e. The van der Waals surface area contributed by atoms with Crippen LogP contribution in [0.25, 0.3) is 0 Å². The van der Waals surface area contributed by atoms with E-state index in [0.29, 0.717) is 0 Å². The van der Waals surface area contributed by atoms with E-state index >= 15 is 0 Å². The number of para-hydroxylation sites is 1. The highest BCUT2D eigenvalue weighted by atomic mass is 16.5. The molecule has 3 nitrogen and oxygen atoms in total. The summed E-state index contributed by atoms with van der Waals surface area (Å²) in [4.78, 5) is 12.4. The molecule has 1 atom stereocenters. The van der Waals surface area contributed by atoms with Gasteiger partial charge in [0.25, 0.3) is 5.91 Å². The van der Waals surface area contributed by atoms with E-state index < -0.39 is 0 Å². The van der Waals surface area contributed by atoms with Crippen LogP contribution in [0.5, 0.6) is 5.75 Å². The molecule has 110 valence electrons. The van der Waals surface area contributed by atoms with Gasteiger partial charge in [-0.25, -0.2) is 0 Å². The Balaban J connectivity index is 2.21. The van der Waals surface area contributed by atoms with E-state index in [1.807, 2.05) is 63.2 Å². The first kappa shape index (κ1) is 15.1. The van der Waals surface area contributed by atoms with E-state index in [4.69, 9.17) is 4.74 Å². The standard InChI is InChI=1S/C18H21NO2/c1-12-9-10-13(2)16(11-12)18(20)19-14(3)15-7-5-6-8-17(15)21-4/h5-11,14H,1-4H3,(H,19,20). The number of hydrogen-bond donors (Lipinski definition) is 1. The van der Waals surface area contributed by atoms with E-state index in [2.05, 4.69) is 5.32 Å². The molecular formula is C18H21NO2. The van der Waals surface area contributed by atoms with Crippen molar-refractivity contribution in [3.63, 3.8) is 0 Å². The number of aryl methyl sites for hydroxylation is 2. The molecule has 1 N–H and O–H groups in total. The Kier molecular flexibility index (Phi) is 4.63. The molecule has 1 unspecified atom stereocenters. The first-order valence-corrected chi connectivity index (χ1v) is 7.04. The minimum absolute atomic E-state index is 0.0605. The quantitative estimate of drug-likeness (QED) is 0.926. The summed E-state index contributed by atoms with van der Waals surface area (Å²) in [6, 6.07) is 13.5. The van der Waals surface area contributed by atoms with Gasteiger partial charge in [-0.2, -0.15) is 0 Å². The van der Waals surface area contributed by atoms with Gasteiger partial charge in [-0.3, -0.25) is 4.79 Å². The van der Waals surface area contributed by atoms with Crippen molar-refractivity contribution in [3.05, 3.63) is 64.7 Å². The van der Waals surface area contributed by atoms with Gasteiger partial charge in [0.1, 0.15) is 5.75 Å². The molecule has 0 saturated heterocycles. The van der Waals surface area contributed by atoms with Gasteiger partial charge in [0.15, 0.2) is 0 Å². The van der Waals surface area contributed by atoms with Crippen LogP contribution in [0, 0.1) is 13.8 Å². The van der Waals surface area contributed by atoms with Gasteiger partial charge in [-0.05, 0) is 38.5 Å². The van der Waals surface area contributed by atoms with Crippen molar-refractivity contribution in [1.29, 1.82) is 0 Å². The lowest BCUT2D eigenvalue weighted by molar-refractivity contribution is 0.0939. The van der Waals surface area contributed by atoms with Crippen molar-refractivity contribution in [2.75, 3.05) is 7.11 Å². The molecule has 0 aromatic heterocycles. The Morgan fingerprint density at radius 3 is 2.57 bits per heavy atom. The second kappa shape index (κ2) is 6.44. The molecule has 0 bridgehead atoms. The van der Waals surface area contributed by atoms with E-state index in [-0.39, 0.29) is 11.9 Å². The van der Waals surface area contributed by atoms with Crippen LogP contribution < -0.4 is 10.1 Å². The molecule has 2 aromatic carbocycles. The van der Waals surface area contributed by atoms with Crippen molar-refractivity contribution in [2.24, 2.45) is 0 Å². The maximum atomic E-state index is 12.4. The summed E-state index contributed by atoms with van der Waals surface area (Å²) in [7, 11) is 1.64. The average molecular weight is 283 g/mol. The van der Waals surface area contributed by atoms with Gasteiger partial charge in [0.05, 0.1) is 13.2 Å². The van der Waals surface area contributed by atoms with Gasteiger partial charge in [-0.1, -0.05) is 35.9 Å². The molecule has 0 aliphatic carbocycles. The summed E-state index contributed by atoms with van der Waals surface area (Å²) in [6.07, 6.45) is 0. The van der Waals surface area contributed by atoms with Gasteiger partial charge in [0, 0.05) is 11.1 Å². The number of carbonyl (C=O) groups is 1. The van der Waals surface area contributed by atoms with Gasteiger partial charge >= 0.3 is 0 Å². The summed E-state index contributed by atoms with van der Waals surface area (Å²) < 4.78 is 5.35. The first-order chi connectivity index (χ1) is 10.0. The fourth-order valence-electron chi connectivity index (χ4n) is 2.36. The number of benzene rings is 2. The lowest BCUT2D eigenvalue weighted by Crippen LogP contribution is -2.27. The monoisotopic (exact) mass is 283 g/mol. The SMILES string of the molecule is COc1ccccc1C(C)NC(=O)c1cc(C)ccc1C. The maximum absolute atomic E-state index is 12.4. The third-order valence-corrected chi connectivity index (χ3v) is 3.59. The van der Waals surface area contributed by atoms with Crippen molar-refractivity contribution in [3.8, 4) is 5.75 Å². The molecule has 0 heterocycles. The zero-order chi connectivity index (χ0) is 15.4. The second-order valence-corrected chi connectivity index (χ2v) is 5.26. The predicted molar refractivity (Wildman–Crippen MR) is 84.8 cm³/mol. The summed E-state index contributed by atoms with van der Waals surface area (Å²) in [5.74, 6) is 0.723. The molecule has 1 amide bonds. The highest BCUT2D eigenvalue weighted by Crippen LogP contribution is 2.24. The number of rotatable bonds is 4. The molecule has 21 heavy (non-hydrogen) atoms. The lowest BCUT2D eigenvalue weighted by atomic mass is 10.0. The zero-order valence-corrected chi connectivity index (χ0v) is 12.9. The van der Waals surface area contributed by atoms with Crippen molar-refractivity contribution in [1.82, 2.24) is 5.32 Å². The number of carbonyl (C=O) groups excluding carboxylic acids is 1. The van der Waals surface area contributed by atoms with Crippen LogP contribution in [0.2, 0.25) is 0 Å². The number of methoxy groups -OCH3 is 1. The minimum atomic E-state index is -0.117. The van der Waals surface area contributed by atoms with Crippen molar-refractivity contribution < 1.29 is 9.53 Å².